The average Bonchev–Trinajstić information content (AvgIpc) is 2.29. The van der Waals surface area contributed by atoms with Crippen LogP contribution in [0, 0.1) is 0 Å². The first kappa shape index (κ1) is 12.2. The fourth-order valence-corrected chi connectivity index (χ4v) is 1.09. The summed E-state index contributed by atoms with van der Waals surface area (Å²) < 4.78 is 5.36. The molecular weight excluding hydrogens is 204 g/mol. The van der Waals surface area contributed by atoms with E-state index in [9.17, 15) is 4.79 Å². The molecule has 0 aliphatic rings. The molecule has 0 radical (unpaired) electrons. The number of carbonyl (C=O) groups is 1. The number of rotatable bonds is 6. The molecule has 84 valence electrons. The molecule has 1 rings (SSSR count). The molecule has 16 heavy (non-hydrogen) atoms. The van der Waals surface area contributed by atoms with Crippen molar-refractivity contribution in [2.45, 2.75) is 6.61 Å². The first-order chi connectivity index (χ1) is 7.79. The summed E-state index contributed by atoms with van der Waals surface area (Å²) in [6, 6.07) is 9.87. The van der Waals surface area contributed by atoms with Crippen LogP contribution in [0.3, 0.4) is 0 Å². The number of carboxylic acids is 1. The zero-order valence-corrected chi connectivity index (χ0v) is 8.87. The zero-order chi connectivity index (χ0) is 11.6. The topological polar surface area (TPSA) is 46.5 Å². The number of hydrogen-bond acceptors (Lipinski definition) is 2. The van der Waals surface area contributed by atoms with Crippen molar-refractivity contribution >= 4 is 5.97 Å². The minimum Gasteiger partial charge on any atom is -0.478 e. The summed E-state index contributed by atoms with van der Waals surface area (Å²) in [5.41, 5.74) is 1.12. The van der Waals surface area contributed by atoms with Crippen molar-refractivity contribution in [3.05, 3.63) is 60.2 Å². The van der Waals surface area contributed by atoms with Crippen LogP contribution in [0.25, 0.3) is 0 Å². The Bertz CT molecular complexity index is 366. The van der Waals surface area contributed by atoms with Crippen LogP contribution >= 0.6 is 0 Å². The lowest BCUT2D eigenvalue weighted by Crippen LogP contribution is -1.91. The third-order valence-corrected chi connectivity index (χ3v) is 1.81. The van der Waals surface area contributed by atoms with E-state index in [2.05, 4.69) is 0 Å². The molecule has 1 N–H and O–H groups in total. The highest BCUT2D eigenvalue weighted by Crippen LogP contribution is 1.99. The molecule has 0 saturated heterocycles. The maximum absolute atomic E-state index is 10.1. The van der Waals surface area contributed by atoms with E-state index in [1.807, 2.05) is 30.3 Å². The van der Waals surface area contributed by atoms with E-state index in [4.69, 9.17) is 9.84 Å². The molecule has 3 heteroatoms. The molecule has 3 nitrogen and oxygen atoms in total. The van der Waals surface area contributed by atoms with Gasteiger partial charge in [-0.3, -0.25) is 0 Å². The standard InChI is InChI=1S/C13H14O3/c14-13(15)9-5-2-6-10-16-11-12-7-3-1-4-8-12/h1-9H,10-11H2,(H,14,15)/b6-2+,9-5+. The van der Waals surface area contributed by atoms with Gasteiger partial charge in [0.2, 0.25) is 0 Å². The van der Waals surface area contributed by atoms with Gasteiger partial charge in [-0.2, -0.15) is 0 Å². The van der Waals surface area contributed by atoms with Gasteiger partial charge in [0.15, 0.2) is 0 Å². The van der Waals surface area contributed by atoms with Gasteiger partial charge in [0.25, 0.3) is 0 Å². The van der Waals surface area contributed by atoms with Gasteiger partial charge in [-0.25, -0.2) is 4.79 Å². The fraction of sp³-hybridized carbons (Fsp3) is 0.154. The Labute approximate surface area is 94.7 Å². The molecule has 0 aliphatic heterocycles. The highest BCUT2D eigenvalue weighted by molar-refractivity contribution is 5.80. The average molecular weight is 218 g/mol. The molecule has 0 heterocycles. The number of benzene rings is 1. The van der Waals surface area contributed by atoms with Gasteiger partial charge in [-0.1, -0.05) is 48.6 Å². The minimum absolute atomic E-state index is 0.471. The summed E-state index contributed by atoms with van der Waals surface area (Å²) in [7, 11) is 0. The number of carboxylic acid groups (broad SMARTS) is 1. The Morgan fingerprint density at radius 1 is 1.25 bits per heavy atom. The molecule has 0 amide bonds. The summed E-state index contributed by atoms with van der Waals surface area (Å²) in [4.78, 5) is 10.1. The van der Waals surface area contributed by atoms with Crippen LogP contribution in [0.15, 0.2) is 54.6 Å². The predicted molar refractivity (Wildman–Crippen MR) is 62.0 cm³/mol. The van der Waals surface area contributed by atoms with E-state index in [0.29, 0.717) is 13.2 Å². The molecule has 0 unspecified atom stereocenters. The van der Waals surface area contributed by atoms with E-state index in [1.54, 1.807) is 12.2 Å². The Balaban J connectivity index is 2.15. The Morgan fingerprint density at radius 2 is 2.00 bits per heavy atom. The van der Waals surface area contributed by atoms with Crippen molar-refractivity contribution in [3.63, 3.8) is 0 Å². The zero-order valence-electron chi connectivity index (χ0n) is 8.87. The minimum atomic E-state index is -0.949. The molecule has 0 spiro atoms. The number of allylic oxidation sites excluding steroid dienone is 2. The Hall–Kier alpha value is -1.87. The molecular formula is C13H14O3. The molecule has 0 fully saturated rings. The SMILES string of the molecule is O=C(O)/C=C/C=C/COCc1ccccc1. The summed E-state index contributed by atoms with van der Waals surface area (Å²) in [5, 5.41) is 8.31. The van der Waals surface area contributed by atoms with E-state index >= 15 is 0 Å². The van der Waals surface area contributed by atoms with Crippen molar-refractivity contribution in [1.29, 1.82) is 0 Å². The van der Waals surface area contributed by atoms with Crippen LogP contribution < -0.4 is 0 Å². The molecule has 0 aliphatic carbocycles. The van der Waals surface area contributed by atoms with Crippen molar-refractivity contribution in [2.24, 2.45) is 0 Å². The van der Waals surface area contributed by atoms with Crippen LogP contribution in [0.2, 0.25) is 0 Å². The summed E-state index contributed by atoms with van der Waals surface area (Å²) in [6.07, 6.45) is 5.96. The largest absolute Gasteiger partial charge is 0.478 e. The van der Waals surface area contributed by atoms with Gasteiger partial charge in [0.05, 0.1) is 13.2 Å². The normalized spacial score (nSPS) is 11.2. The highest BCUT2D eigenvalue weighted by atomic mass is 16.5. The van der Waals surface area contributed by atoms with Crippen molar-refractivity contribution < 1.29 is 14.6 Å². The molecule has 1 aromatic rings. The maximum atomic E-state index is 10.1. The molecule has 0 aromatic heterocycles. The lowest BCUT2D eigenvalue weighted by Gasteiger charge is -1.99. The third-order valence-electron chi connectivity index (χ3n) is 1.81. The first-order valence-electron chi connectivity index (χ1n) is 4.97. The highest BCUT2D eigenvalue weighted by Gasteiger charge is 1.88. The second-order valence-corrected chi connectivity index (χ2v) is 3.13. The second kappa shape index (κ2) is 7.43. The van der Waals surface area contributed by atoms with E-state index in [1.165, 1.54) is 6.08 Å². The monoisotopic (exact) mass is 218 g/mol. The van der Waals surface area contributed by atoms with E-state index in [-0.39, 0.29) is 0 Å². The van der Waals surface area contributed by atoms with E-state index in [0.717, 1.165) is 11.6 Å². The lowest BCUT2D eigenvalue weighted by molar-refractivity contribution is -0.131. The van der Waals surface area contributed by atoms with Crippen molar-refractivity contribution in [2.75, 3.05) is 6.61 Å². The summed E-state index contributed by atoms with van der Waals surface area (Å²) in [6.45, 7) is 1.03. The maximum Gasteiger partial charge on any atom is 0.328 e. The number of aliphatic carboxylic acids is 1. The molecule has 0 saturated carbocycles. The second-order valence-electron chi connectivity index (χ2n) is 3.13. The number of hydrogen-bond donors (Lipinski definition) is 1. The predicted octanol–water partition coefficient (Wildman–Crippen LogP) is 2.40. The quantitative estimate of drug-likeness (QED) is 0.453. The number of ether oxygens (including phenoxy) is 1. The summed E-state index contributed by atoms with van der Waals surface area (Å²) in [5.74, 6) is -0.949. The van der Waals surface area contributed by atoms with Crippen LogP contribution in [-0.2, 0) is 16.1 Å². The van der Waals surface area contributed by atoms with Gasteiger partial charge in [-0.05, 0) is 5.56 Å². The van der Waals surface area contributed by atoms with E-state index < -0.39 is 5.97 Å². The van der Waals surface area contributed by atoms with Crippen LogP contribution in [0.5, 0.6) is 0 Å². The van der Waals surface area contributed by atoms with Crippen molar-refractivity contribution in [3.8, 4) is 0 Å². The summed E-state index contributed by atoms with van der Waals surface area (Å²) >= 11 is 0. The van der Waals surface area contributed by atoms with Gasteiger partial charge < -0.3 is 9.84 Å². The lowest BCUT2D eigenvalue weighted by atomic mass is 10.2. The smallest absolute Gasteiger partial charge is 0.328 e. The Morgan fingerprint density at radius 3 is 2.69 bits per heavy atom. The van der Waals surface area contributed by atoms with Gasteiger partial charge in [0, 0.05) is 6.08 Å². The van der Waals surface area contributed by atoms with Crippen LogP contribution in [0.4, 0.5) is 0 Å². The third kappa shape index (κ3) is 5.78. The van der Waals surface area contributed by atoms with Gasteiger partial charge >= 0.3 is 5.97 Å². The molecule has 0 atom stereocenters. The van der Waals surface area contributed by atoms with Crippen LogP contribution in [0.1, 0.15) is 5.56 Å². The van der Waals surface area contributed by atoms with Gasteiger partial charge in [0.1, 0.15) is 0 Å². The van der Waals surface area contributed by atoms with Gasteiger partial charge in [-0.15, -0.1) is 0 Å². The van der Waals surface area contributed by atoms with Crippen LogP contribution in [-0.4, -0.2) is 17.7 Å². The molecule has 0 bridgehead atoms. The Kier molecular flexibility index (Phi) is 5.66. The first-order valence-corrected chi connectivity index (χ1v) is 4.97. The fourth-order valence-electron chi connectivity index (χ4n) is 1.09. The molecule has 1 aromatic carbocycles. The van der Waals surface area contributed by atoms with Crippen molar-refractivity contribution in [1.82, 2.24) is 0 Å².